The van der Waals surface area contributed by atoms with Gasteiger partial charge in [-0.15, -0.1) is 0 Å². The Morgan fingerprint density at radius 3 is 2.86 bits per heavy atom. The SMILES string of the molecule is CC(=O)N1CC[C@@H]2[C@H](CCCCN2C(=O)c2ccn[nH]2)C1. The molecule has 0 spiro atoms. The van der Waals surface area contributed by atoms with Crippen LogP contribution in [0.1, 0.15) is 43.1 Å². The summed E-state index contributed by atoms with van der Waals surface area (Å²) in [4.78, 5) is 28.2. The van der Waals surface area contributed by atoms with E-state index in [9.17, 15) is 9.59 Å². The van der Waals surface area contributed by atoms with Crippen LogP contribution in [-0.2, 0) is 4.79 Å². The predicted molar refractivity (Wildman–Crippen MR) is 77.6 cm³/mol. The van der Waals surface area contributed by atoms with Crippen molar-refractivity contribution in [2.75, 3.05) is 19.6 Å². The molecule has 21 heavy (non-hydrogen) atoms. The average molecular weight is 290 g/mol. The quantitative estimate of drug-likeness (QED) is 0.847. The lowest BCUT2D eigenvalue weighted by Crippen LogP contribution is -2.53. The summed E-state index contributed by atoms with van der Waals surface area (Å²) in [6.45, 7) is 3.97. The third kappa shape index (κ3) is 2.80. The number of H-pyrrole nitrogens is 1. The van der Waals surface area contributed by atoms with Crippen molar-refractivity contribution in [3.8, 4) is 0 Å². The lowest BCUT2D eigenvalue weighted by molar-refractivity contribution is -0.131. The van der Waals surface area contributed by atoms with Gasteiger partial charge in [0.1, 0.15) is 5.69 Å². The molecule has 114 valence electrons. The first kappa shape index (κ1) is 14.1. The Balaban J connectivity index is 1.78. The molecule has 2 atom stereocenters. The van der Waals surface area contributed by atoms with Crippen molar-refractivity contribution in [2.45, 2.75) is 38.6 Å². The Hall–Kier alpha value is -1.85. The summed E-state index contributed by atoms with van der Waals surface area (Å²) in [5, 5.41) is 6.65. The van der Waals surface area contributed by atoms with Gasteiger partial charge in [0.25, 0.3) is 5.91 Å². The maximum Gasteiger partial charge on any atom is 0.272 e. The van der Waals surface area contributed by atoms with E-state index in [1.165, 1.54) is 0 Å². The summed E-state index contributed by atoms with van der Waals surface area (Å²) >= 11 is 0. The number of amides is 2. The molecule has 0 aromatic carbocycles. The summed E-state index contributed by atoms with van der Waals surface area (Å²) in [6.07, 6.45) is 5.75. The fraction of sp³-hybridized carbons (Fsp3) is 0.667. The zero-order valence-electron chi connectivity index (χ0n) is 12.4. The number of nitrogens with one attached hydrogen (secondary N) is 1. The molecule has 2 fully saturated rings. The van der Waals surface area contributed by atoms with Crippen molar-refractivity contribution in [2.24, 2.45) is 5.92 Å². The number of piperidine rings is 1. The van der Waals surface area contributed by atoms with Crippen LogP contribution >= 0.6 is 0 Å². The predicted octanol–water partition coefficient (Wildman–Crippen LogP) is 1.27. The highest BCUT2D eigenvalue weighted by molar-refractivity contribution is 5.92. The van der Waals surface area contributed by atoms with Crippen LogP contribution in [0.25, 0.3) is 0 Å². The van der Waals surface area contributed by atoms with Crippen molar-refractivity contribution in [1.29, 1.82) is 0 Å². The van der Waals surface area contributed by atoms with Crippen molar-refractivity contribution < 1.29 is 9.59 Å². The molecule has 0 unspecified atom stereocenters. The minimum atomic E-state index is 0.0423. The summed E-state index contributed by atoms with van der Waals surface area (Å²) in [7, 11) is 0. The van der Waals surface area contributed by atoms with Crippen LogP contribution in [0.4, 0.5) is 0 Å². The van der Waals surface area contributed by atoms with Gasteiger partial charge in [0.05, 0.1) is 0 Å². The van der Waals surface area contributed by atoms with Crippen LogP contribution in [0, 0.1) is 5.92 Å². The number of carbonyl (C=O) groups excluding carboxylic acids is 2. The molecule has 1 aromatic heterocycles. The molecule has 1 aromatic rings. The lowest BCUT2D eigenvalue weighted by Gasteiger charge is -2.42. The standard InChI is InChI=1S/C15H22N4O2/c1-11(20)18-9-6-14-12(10-18)4-2-3-8-19(14)15(21)13-5-7-16-17-13/h5,7,12,14H,2-4,6,8-10H2,1H3,(H,16,17)/t12-,14-/m1/s1. The maximum atomic E-state index is 12.7. The number of aromatic nitrogens is 2. The van der Waals surface area contributed by atoms with Gasteiger partial charge in [-0.05, 0) is 31.2 Å². The van der Waals surface area contributed by atoms with Gasteiger partial charge in [-0.25, -0.2) is 0 Å². The summed E-state index contributed by atoms with van der Waals surface area (Å²) in [6, 6.07) is 1.98. The zero-order valence-corrected chi connectivity index (χ0v) is 12.4. The highest BCUT2D eigenvalue weighted by Crippen LogP contribution is 2.30. The first-order valence-corrected chi connectivity index (χ1v) is 7.72. The monoisotopic (exact) mass is 290 g/mol. The fourth-order valence-corrected chi connectivity index (χ4v) is 3.64. The first-order valence-electron chi connectivity index (χ1n) is 7.72. The van der Waals surface area contributed by atoms with Crippen molar-refractivity contribution in [3.63, 3.8) is 0 Å². The number of hydrogen-bond donors (Lipinski definition) is 1. The molecule has 0 saturated carbocycles. The van der Waals surface area contributed by atoms with Gasteiger partial charge in [-0.3, -0.25) is 14.7 Å². The van der Waals surface area contributed by atoms with Crippen LogP contribution in [0.15, 0.2) is 12.3 Å². The Labute approximate surface area is 124 Å². The number of aromatic amines is 1. The average Bonchev–Trinajstić information content (AvgIpc) is 2.93. The molecule has 0 aliphatic carbocycles. The Kier molecular flexibility index (Phi) is 3.94. The minimum Gasteiger partial charge on any atom is -0.343 e. The van der Waals surface area contributed by atoms with E-state index in [1.54, 1.807) is 19.2 Å². The minimum absolute atomic E-state index is 0.0423. The Bertz CT molecular complexity index is 514. The van der Waals surface area contributed by atoms with Gasteiger partial charge in [0.15, 0.2) is 0 Å². The second kappa shape index (κ2) is 5.87. The third-order valence-electron chi connectivity index (χ3n) is 4.76. The fourth-order valence-electron chi connectivity index (χ4n) is 3.64. The molecule has 6 nitrogen and oxygen atoms in total. The number of carbonyl (C=O) groups is 2. The molecule has 0 bridgehead atoms. The maximum absolute atomic E-state index is 12.7. The van der Waals surface area contributed by atoms with E-state index < -0.39 is 0 Å². The second-order valence-corrected chi connectivity index (χ2v) is 6.05. The normalized spacial score (nSPS) is 26.1. The van der Waals surface area contributed by atoms with Gasteiger partial charge >= 0.3 is 0 Å². The Morgan fingerprint density at radius 2 is 2.14 bits per heavy atom. The molecule has 2 amide bonds. The van der Waals surface area contributed by atoms with Crippen molar-refractivity contribution >= 4 is 11.8 Å². The van der Waals surface area contributed by atoms with Crippen LogP contribution < -0.4 is 0 Å². The molecule has 2 saturated heterocycles. The number of nitrogens with zero attached hydrogens (tertiary/aromatic N) is 3. The summed E-state index contributed by atoms with van der Waals surface area (Å²) < 4.78 is 0. The van der Waals surface area contributed by atoms with Crippen LogP contribution in [0.3, 0.4) is 0 Å². The molecule has 2 aliphatic heterocycles. The van der Waals surface area contributed by atoms with E-state index >= 15 is 0 Å². The van der Waals surface area contributed by atoms with Crippen LogP contribution in [0.5, 0.6) is 0 Å². The smallest absolute Gasteiger partial charge is 0.272 e. The van der Waals surface area contributed by atoms with E-state index in [1.807, 2.05) is 9.80 Å². The van der Waals surface area contributed by atoms with Gasteiger partial charge in [-0.2, -0.15) is 5.10 Å². The van der Waals surface area contributed by atoms with E-state index in [4.69, 9.17) is 0 Å². The number of rotatable bonds is 1. The number of likely N-dealkylation sites (tertiary alicyclic amines) is 2. The highest BCUT2D eigenvalue weighted by Gasteiger charge is 2.37. The van der Waals surface area contributed by atoms with Crippen molar-refractivity contribution in [1.82, 2.24) is 20.0 Å². The van der Waals surface area contributed by atoms with E-state index in [0.29, 0.717) is 11.6 Å². The summed E-state index contributed by atoms with van der Waals surface area (Å²) in [5.41, 5.74) is 0.560. The van der Waals surface area contributed by atoms with E-state index in [0.717, 1.165) is 45.3 Å². The number of fused-ring (bicyclic) bond motifs is 1. The molecule has 3 heterocycles. The topological polar surface area (TPSA) is 69.3 Å². The molecule has 3 rings (SSSR count). The molecule has 1 N–H and O–H groups in total. The van der Waals surface area contributed by atoms with Gasteiger partial charge in [0.2, 0.25) is 5.91 Å². The molecular formula is C15H22N4O2. The zero-order chi connectivity index (χ0) is 14.8. The van der Waals surface area contributed by atoms with Gasteiger partial charge < -0.3 is 9.80 Å². The molecule has 6 heteroatoms. The Morgan fingerprint density at radius 1 is 1.29 bits per heavy atom. The van der Waals surface area contributed by atoms with Gasteiger partial charge in [0, 0.05) is 38.8 Å². The summed E-state index contributed by atoms with van der Waals surface area (Å²) in [5.74, 6) is 0.585. The molecule has 0 radical (unpaired) electrons. The highest BCUT2D eigenvalue weighted by atomic mass is 16.2. The van der Waals surface area contributed by atoms with Crippen molar-refractivity contribution in [3.05, 3.63) is 18.0 Å². The first-order chi connectivity index (χ1) is 10.2. The third-order valence-corrected chi connectivity index (χ3v) is 4.76. The van der Waals surface area contributed by atoms with Gasteiger partial charge in [-0.1, -0.05) is 6.42 Å². The van der Waals surface area contributed by atoms with Crippen LogP contribution in [0.2, 0.25) is 0 Å². The second-order valence-electron chi connectivity index (χ2n) is 6.05. The van der Waals surface area contributed by atoms with E-state index in [-0.39, 0.29) is 17.9 Å². The largest absolute Gasteiger partial charge is 0.343 e. The van der Waals surface area contributed by atoms with E-state index in [2.05, 4.69) is 10.2 Å². The molecular weight excluding hydrogens is 268 g/mol. The lowest BCUT2D eigenvalue weighted by atomic mass is 9.88. The number of hydrogen-bond acceptors (Lipinski definition) is 3. The molecule has 2 aliphatic rings. The van der Waals surface area contributed by atoms with Crippen LogP contribution in [-0.4, -0.2) is 57.5 Å².